The monoisotopic (exact) mass is 298 g/mol. The van der Waals surface area contributed by atoms with Crippen molar-refractivity contribution in [3.8, 4) is 11.5 Å². The zero-order valence-electron chi connectivity index (χ0n) is 10.9. The van der Waals surface area contributed by atoms with Gasteiger partial charge in [0.2, 0.25) is 0 Å². The second kappa shape index (κ2) is 5.46. The van der Waals surface area contributed by atoms with Crippen molar-refractivity contribution in [1.82, 2.24) is 0 Å². The molecule has 0 spiro atoms. The minimum absolute atomic E-state index is 0.150. The third kappa shape index (κ3) is 2.69. The molecule has 0 radical (unpaired) electrons. The van der Waals surface area contributed by atoms with Gasteiger partial charge in [0.05, 0.1) is 5.56 Å². The first kappa shape index (κ1) is 13.5. The Labute approximate surface area is 126 Å². The van der Waals surface area contributed by atoms with Crippen LogP contribution in [0, 0.1) is 0 Å². The molecule has 3 rings (SSSR count). The quantitative estimate of drug-likeness (QED) is 0.563. The van der Waals surface area contributed by atoms with E-state index in [-0.39, 0.29) is 5.75 Å². The van der Waals surface area contributed by atoms with Crippen LogP contribution < -0.4 is 4.74 Å². The summed E-state index contributed by atoms with van der Waals surface area (Å²) in [5, 5.41) is 11.7. The van der Waals surface area contributed by atoms with E-state index in [0.717, 1.165) is 0 Å². The molecule has 0 fully saturated rings. The number of carbonyl (C=O) groups excluding carboxylic acids is 1. The van der Waals surface area contributed by atoms with E-state index >= 15 is 0 Å². The Balaban J connectivity index is 1.96. The van der Waals surface area contributed by atoms with Crippen LogP contribution in [-0.2, 0) is 0 Å². The summed E-state index contributed by atoms with van der Waals surface area (Å²) < 4.78 is 5.42. The van der Waals surface area contributed by atoms with Gasteiger partial charge in [-0.1, -0.05) is 35.9 Å². The number of benzene rings is 3. The van der Waals surface area contributed by atoms with Gasteiger partial charge in [-0.2, -0.15) is 0 Å². The zero-order valence-corrected chi connectivity index (χ0v) is 11.7. The lowest BCUT2D eigenvalue weighted by molar-refractivity contribution is 0.0737. The van der Waals surface area contributed by atoms with Crippen molar-refractivity contribution in [3.63, 3.8) is 0 Å². The number of rotatable bonds is 2. The summed E-state index contributed by atoms with van der Waals surface area (Å²) in [6, 6.07) is 16.7. The van der Waals surface area contributed by atoms with E-state index in [1.807, 2.05) is 0 Å². The SMILES string of the molecule is O=C(Oc1cccc2c(O)cccc12)c1ccc(Cl)cc1. The molecule has 0 aliphatic heterocycles. The van der Waals surface area contributed by atoms with Gasteiger partial charge in [-0.25, -0.2) is 4.79 Å². The number of phenols is 1. The highest BCUT2D eigenvalue weighted by Gasteiger charge is 2.11. The Hall–Kier alpha value is -2.52. The van der Waals surface area contributed by atoms with Crippen LogP contribution in [0.4, 0.5) is 0 Å². The van der Waals surface area contributed by atoms with E-state index in [0.29, 0.717) is 27.1 Å². The van der Waals surface area contributed by atoms with Gasteiger partial charge in [0.1, 0.15) is 11.5 Å². The molecule has 0 unspecified atom stereocenters. The van der Waals surface area contributed by atoms with Crippen LogP contribution in [0.2, 0.25) is 5.02 Å². The number of ether oxygens (including phenoxy) is 1. The summed E-state index contributed by atoms with van der Waals surface area (Å²) in [5.74, 6) is 0.0859. The predicted octanol–water partition coefficient (Wildman–Crippen LogP) is 4.42. The second-order valence-electron chi connectivity index (χ2n) is 4.52. The molecule has 104 valence electrons. The third-order valence-corrected chi connectivity index (χ3v) is 3.39. The van der Waals surface area contributed by atoms with Gasteiger partial charge in [0.15, 0.2) is 0 Å². The summed E-state index contributed by atoms with van der Waals surface area (Å²) >= 11 is 5.79. The van der Waals surface area contributed by atoms with Crippen LogP contribution in [0.1, 0.15) is 10.4 Å². The number of carbonyl (C=O) groups is 1. The van der Waals surface area contributed by atoms with Crippen molar-refractivity contribution < 1.29 is 14.6 Å². The van der Waals surface area contributed by atoms with Crippen LogP contribution in [0.25, 0.3) is 10.8 Å². The van der Waals surface area contributed by atoms with Gasteiger partial charge in [-0.15, -0.1) is 0 Å². The Morgan fingerprint density at radius 1 is 0.905 bits per heavy atom. The number of halogens is 1. The van der Waals surface area contributed by atoms with Crippen molar-refractivity contribution in [2.75, 3.05) is 0 Å². The normalized spacial score (nSPS) is 10.5. The molecular formula is C17H11ClO3. The van der Waals surface area contributed by atoms with E-state index in [1.165, 1.54) is 0 Å². The molecule has 0 saturated heterocycles. The maximum Gasteiger partial charge on any atom is 0.343 e. The minimum Gasteiger partial charge on any atom is -0.507 e. The van der Waals surface area contributed by atoms with Gasteiger partial charge >= 0.3 is 5.97 Å². The molecule has 0 aromatic heterocycles. The highest BCUT2D eigenvalue weighted by atomic mass is 35.5. The van der Waals surface area contributed by atoms with Crippen molar-refractivity contribution in [3.05, 3.63) is 71.2 Å². The molecule has 1 N–H and O–H groups in total. The fraction of sp³-hybridized carbons (Fsp3) is 0. The van der Waals surface area contributed by atoms with E-state index in [2.05, 4.69) is 0 Å². The lowest BCUT2D eigenvalue weighted by Crippen LogP contribution is -2.08. The lowest BCUT2D eigenvalue weighted by Gasteiger charge is -2.08. The number of fused-ring (bicyclic) bond motifs is 1. The number of phenolic OH excluding ortho intramolecular Hbond substituents is 1. The first-order valence-corrected chi connectivity index (χ1v) is 6.71. The smallest absolute Gasteiger partial charge is 0.343 e. The van der Waals surface area contributed by atoms with Crippen molar-refractivity contribution in [2.24, 2.45) is 0 Å². The fourth-order valence-corrected chi connectivity index (χ4v) is 2.22. The van der Waals surface area contributed by atoms with Crippen molar-refractivity contribution in [2.45, 2.75) is 0 Å². The fourth-order valence-electron chi connectivity index (χ4n) is 2.10. The van der Waals surface area contributed by atoms with Crippen LogP contribution >= 0.6 is 11.6 Å². The van der Waals surface area contributed by atoms with E-state index < -0.39 is 5.97 Å². The summed E-state index contributed by atoms with van der Waals surface area (Å²) in [7, 11) is 0. The predicted molar refractivity (Wildman–Crippen MR) is 82.0 cm³/mol. The maximum absolute atomic E-state index is 12.1. The molecule has 3 nitrogen and oxygen atoms in total. The van der Waals surface area contributed by atoms with E-state index in [1.54, 1.807) is 60.7 Å². The van der Waals surface area contributed by atoms with Gasteiger partial charge in [0, 0.05) is 15.8 Å². The third-order valence-electron chi connectivity index (χ3n) is 3.14. The molecule has 21 heavy (non-hydrogen) atoms. The summed E-state index contributed by atoms with van der Waals surface area (Å²) in [6.07, 6.45) is 0. The highest BCUT2D eigenvalue weighted by molar-refractivity contribution is 6.30. The molecule has 3 aromatic carbocycles. The molecule has 3 aromatic rings. The van der Waals surface area contributed by atoms with E-state index in [9.17, 15) is 9.90 Å². The van der Waals surface area contributed by atoms with Gasteiger partial charge in [0.25, 0.3) is 0 Å². The van der Waals surface area contributed by atoms with Crippen LogP contribution in [0.5, 0.6) is 11.5 Å². The lowest BCUT2D eigenvalue weighted by atomic mass is 10.1. The van der Waals surface area contributed by atoms with Crippen LogP contribution in [-0.4, -0.2) is 11.1 Å². The molecule has 4 heteroatoms. The second-order valence-corrected chi connectivity index (χ2v) is 4.96. The van der Waals surface area contributed by atoms with Gasteiger partial charge in [-0.3, -0.25) is 0 Å². The summed E-state index contributed by atoms with van der Waals surface area (Å²) in [4.78, 5) is 12.1. The minimum atomic E-state index is -0.470. The van der Waals surface area contributed by atoms with E-state index in [4.69, 9.17) is 16.3 Å². The zero-order chi connectivity index (χ0) is 14.8. The average molecular weight is 299 g/mol. The topological polar surface area (TPSA) is 46.5 Å². The number of hydrogen-bond donors (Lipinski definition) is 1. The molecule has 0 aliphatic rings. The summed E-state index contributed by atoms with van der Waals surface area (Å²) in [6.45, 7) is 0. The van der Waals surface area contributed by atoms with Crippen LogP contribution in [0.3, 0.4) is 0 Å². The van der Waals surface area contributed by atoms with Crippen molar-refractivity contribution in [1.29, 1.82) is 0 Å². The largest absolute Gasteiger partial charge is 0.507 e. The molecular weight excluding hydrogens is 288 g/mol. The molecule has 0 heterocycles. The summed E-state index contributed by atoms with van der Waals surface area (Å²) in [5.41, 5.74) is 0.413. The first-order valence-electron chi connectivity index (χ1n) is 6.33. The Kier molecular flexibility index (Phi) is 3.50. The number of hydrogen-bond acceptors (Lipinski definition) is 3. The Morgan fingerprint density at radius 2 is 1.57 bits per heavy atom. The molecule has 0 bridgehead atoms. The van der Waals surface area contributed by atoms with Gasteiger partial charge < -0.3 is 9.84 Å². The Bertz CT molecular complexity index is 810. The number of aromatic hydroxyl groups is 1. The standard InChI is InChI=1S/C17H11ClO3/c18-12-9-7-11(8-10-12)17(20)21-16-6-2-3-13-14(16)4-1-5-15(13)19/h1-10,19H. The highest BCUT2D eigenvalue weighted by Crippen LogP contribution is 2.31. The Morgan fingerprint density at radius 3 is 2.33 bits per heavy atom. The van der Waals surface area contributed by atoms with Crippen LogP contribution in [0.15, 0.2) is 60.7 Å². The molecule has 0 aliphatic carbocycles. The number of esters is 1. The molecule has 0 atom stereocenters. The van der Waals surface area contributed by atoms with Gasteiger partial charge in [-0.05, 0) is 36.4 Å². The molecule has 0 saturated carbocycles. The average Bonchev–Trinajstić information content (AvgIpc) is 2.49. The first-order chi connectivity index (χ1) is 10.1. The van der Waals surface area contributed by atoms with Crippen molar-refractivity contribution >= 4 is 28.3 Å². The maximum atomic E-state index is 12.1. The molecule has 0 amide bonds.